The molecule has 0 saturated carbocycles. The Balaban J connectivity index is 2.40. The topological polar surface area (TPSA) is 69.0 Å². The fourth-order valence-electron chi connectivity index (χ4n) is 1.94. The molecule has 0 N–H and O–H groups in total. The number of carbonyl (C=O) groups excluding carboxylic acids is 1. The number of halogens is 1. The summed E-state index contributed by atoms with van der Waals surface area (Å²) in [6.45, 7) is 8.30. The lowest BCUT2D eigenvalue weighted by atomic mass is 10.2. The van der Waals surface area contributed by atoms with Crippen LogP contribution in [0.1, 0.15) is 33.3 Å². The van der Waals surface area contributed by atoms with Gasteiger partial charge in [-0.15, -0.1) is 0 Å². The molecule has 0 fully saturated rings. The molecule has 2 heterocycles. The van der Waals surface area contributed by atoms with E-state index < -0.39 is 11.7 Å². The van der Waals surface area contributed by atoms with Crippen molar-refractivity contribution in [2.75, 3.05) is 18.6 Å². The lowest BCUT2D eigenvalue weighted by Crippen LogP contribution is -2.35. The van der Waals surface area contributed by atoms with Crippen molar-refractivity contribution in [2.24, 2.45) is 0 Å². The minimum absolute atomic E-state index is 0.265. The van der Waals surface area contributed by atoms with Crippen LogP contribution in [0.5, 0.6) is 0 Å². The molecular weight excluding hydrogens is 320 g/mol. The number of fused-ring (bicyclic) bond motifs is 1. The van der Waals surface area contributed by atoms with Crippen molar-refractivity contribution in [1.82, 2.24) is 14.6 Å². The minimum Gasteiger partial charge on any atom is -0.443 e. The van der Waals surface area contributed by atoms with E-state index in [9.17, 15) is 4.79 Å². The summed E-state index contributed by atoms with van der Waals surface area (Å²) in [6.07, 6.45) is 1.16. The van der Waals surface area contributed by atoms with E-state index in [4.69, 9.17) is 21.1 Å². The van der Waals surface area contributed by atoms with Crippen LogP contribution >= 0.6 is 11.6 Å². The fraction of sp³-hybridized carbons (Fsp3) is 0.533. The number of nitrogens with zero attached hydrogens (tertiary/aromatic N) is 4. The first-order valence-corrected chi connectivity index (χ1v) is 7.68. The number of hydrogen-bond donors (Lipinski definition) is 0. The second-order valence-corrected chi connectivity index (χ2v) is 6.41. The molecule has 2 aromatic rings. The highest BCUT2D eigenvalue weighted by atomic mass is 35.5. The Morgan fingerprint density at radius 3 is 2.74 bits per heavy atom. The zero-order chi connectivity index (χ0) is 17.2. The van der Waals surface area contributed by atoms with Crippen molar-refractivity contribution >= 4 is 29.2 Å². The zero-order valence-electron chi connectivity index (χ0n) is 14.0. The Kier molecular flexibility index (Phi) is 5.11. The molecular formula is C15H21ClN4O3. The van der Waals surface area contributed by atoms with E-state index in [1.165, 1.54) is 4.90 Å². The molecule has 8 heteroatoms. The third-order valence-corrected chi connectivity index (χ3v) is 3.16. The van der Waals surface area contributed by atoms with Crippen LogP contribution in [0.4, 0.5) is 10.6 Å². The van der Waals surface area contributed by atoms with Crippen LogP contribution in [0.3, 0.4) is 0 Å². The van der Waals surface area contributed by atoms with Crippen LogP contribution in [0.15, 0.2) is 12.3 Å². The molecule has 0 aliphatic carbocycles. The van der Waals surface area contributed by atoms with Crippen molar-refractivity contribution in [1.29, 1.82) is 0 Å². The Morgan fingerprint density at radius 2 is 2.13 bits per heavy atom. The maximum atomic E-state index is 12.3. The van der Waals surface area contributed by atoms with Gasteiger partial charge in [0.1, 0.15) is 16.6 Å². The highest BCUT2D eigenvalue weighted by Crippen LogP contribution is 2.23. The average molecular weight is 341 g/mol. The Hall–Kier alpha value is -1.86. The molecule has 0 aromatic carbocycles. The molecule has 1 amide bonds. The van der Waals surface area contributed by atoms with Crippen molar-refractivity contribution in [2.45, 2.75) is 39.9 Å². The largest absolute Gasteiger partial charge is 0.443 e. The molecule has 0 radical (unpaired) electrons. The molecule has 0 aliphatic rings. The van der Waals surface area contributed by atoms with Gasteiger partial charge in [0.25, 0.3) is 0 Å². The van der Waals surface area contributed by atoms with Crippen LogP contribution in [0.25, 0.3) is 5.65 Å². The molecule has 0 spiro atoms. The first-order chi connectivity index (χ1) is 10.7. The molecule has 23 heavy (non-hydrogen) atoms. The lowest BCUT2D eigenvalue weighted by molar-refractivity contribution is 0.0587. The lowest BCUT2D eigenvalue weighted by Gasteiger charge is -2.24. The molecule has 2 rings (SSSR count). The number of rotatable bonds is 4. The van der Waals surface area contributed by atoms with Crippen molar-refractivity contribution in [3.63, 3.8) is 0 Å². The van der Waals surface area contributed by atoms with Gasteiger partial charge in [0, 0.05) is 25.3 Å². The summed E-state index contributed by atoms with van der Waals surface area (Å²) in [4.78, 5) is 17.9. The predicted octanol–water partition coefficient (Wildman–Crippen LogP) is 3.29. The van der Waals surface area contributed by atoms with Crippen molar-refractivity contribution in [3.05, 3.63) is 23.0 Å². The van der Waals surface area contributed by atoms with E-state index in [1.807, 2.05) is 27.7 Å². The molecule has 0 saturated heterocycles. The van der Waals surface area contributed by atoms with Gasteiger partial charge >= 0.3 is 6.09 Å². The van der Waals surface area contributed by atoms with Gasteiger partial charge in [-0.2, -0.15) is 9.61 Å². The van der Waals surface area contributed by atoms with Crippen molar-refractivity contribution in [3.8, 4) is 0 Å². The highest BCUT2D eigenvalue weighted by Gasteiger charge is 2.23. The quantitative estimate of drug-likeness (QED) is 0.799. The van der Waals surface area contributed by atoms with Gasteiger partial charge in [-0.3, -0.25) is 4.90 Å². The summed E-state index contributed by atoms with van der Waals surface area (Å²) in [6, 6.07) is 1.57. The van der Waals surface area contributed by atoms with Gasteiger partial charge in [0.2, 0.25) is 0 Å². The monoisotopic (exact) mass is 340 g/mol. The van der Waals surface area contributed by atoms with Crippen LogP contribution in [0.2, 0.25) is 5.15 Å². The maximum absolute atomic E-state index is 12.3. The molecule has 0 bridgehead atoms. The van der Waals surface area contributed by atoms with E-state index >= 15 is 0 Å². The Labute approximate surface area is 140 Å². The molecule has 2 aromatic heterocycles. The van der Waals surface area contributed by atoms with Crippen molar-refractivity contribution < 1.29 is 14.3 Å². The summed E-state index contributed by atoms with van der Waals surface area (Å²) in [5.74, 6) is 0.469. The summed E-state index contributed by atoms with van der Waals surface area (Å²) >= 11 is 6.10. The minimum atomic E-state index is -0.592. The van der Waals surface area contributed by atoms with E-state index in [-0.39, 0.29) is 5.15 Å². The summed E-state index contributed by atoms with van der Waals surface area (Å²) < 4.78 is 12.3. The van der Waals surface area contributed by atoms with Gasteiger partial charge in [0.15, 0.2) is 5.65 Å². The normalized spacial score (nSPS) is 11.7. The highest BCUT2D eigenvalue weighted by molar-refractivity contribution is 6.29. The molecule has 0 unspecified atom stereocenters. The van der Waals surface area contributed by atoms with E-state index in [0.717, 1.165) is 5.56 Å². The predicted molar refractivity (Wildman–Crippen MR) is 88.0 cm³/mol. The van der Waals surface area contributed by atoms with Gasteiger partial charge in [-0.25, -0.2) is 9.78 Å². The van der Waals surface area contributed by atoms with Gasteiger partial charge in [-0.1, -0.05) is 11.6 Å². The molecule has 0 atom stereocenters. The first-order valence-electron chi connectivity index (χ1n) is 7.30. The number of anilines is 1. The molecule has 0 aliphatic heterocycles. The van der Waals surface area contributed by atoms with E-state index in [2.05, 4.69) is 10.1 Å². The summed E-state index contributed by atoms with van der Waals surface area (Å²) in [5.41, 5.74) is 0.760. The van der Waals surface area contributed by atoms with Crippen LogP contribution < -0.4 is 4.90 Å². The van der Waals surface area contributed by atoms with Gasteiger partial charge < -0.3 is 9.47 Å². The summed E-state index contributed by atoms with van der Waals surface area (Å²) in [5, 5.41) is 4.54. The third kappa shape index (κ3) is 4.11. The smallest absolute Gasteiger partial charge is 0.415 e. The van der Waals surface area contributed by atoms with E-state index in [0.29, 0.717) is 24.7 Å². The summed E-state index contributed by atoms with van der Waals surface area (Å²) in [7, 11) is 1.60. The standard InChI is InChI=1S/C15H21ClN4O3/c1-6-22-9-10-8-17-20-12(7-11(16)18-13(10)20)19(5)14(21)23-15(2,3)4/h7-8H,6,9H2,1-5H3. The first kappa shape index (κ1) is 17.5. The third-order valence-electron chi connectivity index (χ3n) is 2.97. The zero-order valence-corrected chi connectivity index (χ0v) is 14.7. The SMILES string of the molecule is CCOCc1cnn2c(N(C)C(=O)OC(C)(C)C)cc(Cl)nc12. The van der Waals surface area contributed by atoms with Gasteiger partial charge in [-0.05, 0) is 27.7 Å². The molecule has 7 nitrogen and oxygen atoms in total. The maximum Gasteiger partial charge on any atom is 0.415 e. The fourth-order valence-corrected chi connectivity index (χ4v) is 2.12. The Bertz CT molecular complexity index is 709. The van der Waals surface area contributed by atoms with Gasteiger partial charge in [0.05, 0.1) is 12.8 Å². The van der Waals surface area contributed by atoms with Crippen LogP contribution in [-0.4, -0.2) is 39.9 Å². The number of aromatic nitrogens is 3. The van der Waals surface area contributed by atoms with Crippen LogP contribution in [-0.2, 0) is 16.1 Å². The second-order valence-electron chi connectivity index (χ2n) is 6.02. The average Bonchev–Trinajstić information content (AvgIpc) is 2.84. The number of ether oxygens (including phenoxy) is 2. The number of carbonyl (C=O) groups is 1. The number of hydrogen-bond acceptors (Lipinski definition) is 5. The van der Waals surface area contributed by atoms with Crippen LogP contribution in [0, 0.1) is 0 Å². The molecule has 126 valence electrons. The Morgan fingerprint density at radius 1 is 1.43 bits per heavy atom. The van der Waals surface area contributed by atoms with E-state index in [1.54, 1.807) is 23.8 Å². The number of amides is 1. The second kappa shape index (κ2) is 6.72.